The van der Waals surface area contributed by atoms with Gasteiger partial charge >= 0.3 is 19.8 Å². The van der Waals surface area contributed by atoms with Crippen LogP contribution in [-0.2, 0) is 32.7 Å². The summed E-state index contributed by atoms with van der Waals surface area (Å²) in [6, 6.07) is 0. The van der Waals surface area contributed by atoms with E-state index in [4.69, 9.17) is 18.5 Å². The van der Waals surface area contributed by atoms with Crippen LogP contribution in [0.25, 0.3) is 0 Å². The van der Waals surface area contributed by atoms with Gasteiger partial charge in [-0.3, -0.25) is 18.6 Å². The Bertz CT molecular complexity index is 1130. The summed E-state index contributed by atoms with van der Waals surface area (Å²) in [7, 11) is -5.12. The SMILES string of the molecule is CCCCCC/C=C/CCCCCCCCCC(=O)OC[C@H](COP(=O)(O)OC1C(O)C(O)C(O)[C@@H](O)C1O)OC(=O)CC/C=C/CCCCCCCCCCCCC. The molecule has 0 aromatic heterocycles. The molecule has 6 N–H and O–H groups in total. The number of hydrogen-bond donors (Lipinski definition) is 6. The lowest BCUT2D eigenvalue weighted by Gasteiger charge is -2.41. The quantitative estimate of drug-likeness (QED) is 0.0149. The number of carbonyl (C=O) groups is 2. The Morgan fingerprint density at radius 3 is 1.37 bits per heavy atom. The molecule has 0 radical (unpaired) electrons. The molecule has 6 unspecified atom stereocenters. The van der Waals surface area contributed by atoms with Crippen molar-refractivity contribution in [1.82, 2.24) is 0 Å². The largest absolute Gasteiger partial charge is 0.472 e. The summed E-state index contributed by atoms with van der Waals surface area (Å²) in [6.45, 7) is 3.25. The molecule has 0 saturated heterocycles. The summed E-state index contributed by atoms with van der Waals surface area (Å²) in [5.74, 6) is -1.16. The minimum absolute atomic E-state index is 0.0148. The Labute approximate surface area is 356 Å². The zero-order valence-corrected chi connectivity index (χ0v) is 37.4. The highest BCUT2D eigenvalue weighted by Crippen LogP contribution is 2.47. The second-order valence-electron chi connectivity index (χ2n) is 16.3. The highest BCUT2D eigenvalue weighted by molar-refractivity contribution is 7.47. The van der Waals surface area contributed by atoms with E-state index in [1.54, 1.807) is 0 Å². The van der Waals surface area contributed by atoms with E-state index in [9.17, 15) is 44.6 Å². The molecule has 346 valence electrons. The first-order chi connectivity index (χ1) is 28.4. The smallest absolute Gasteiger partial charge is 0.462 e. The summed E-state index contributed by atoms with van der Waals surface area (Å²) >= 11 is 0. The second-order valence-corrected chi connectivity index (χ2v) is 17.7. The molecule has 1 saturated carbocycles. The van der Waals surface area contributed by atoms with Crippen LogP contribution in [0.2, 0.25) is 0 Å². The van der Waals surface area contributed by atoms with E-state index >= 15 is 0 Å². The van der Waals surface area contributed by atoms with Gasteiger partial charge in [-0.15, -0.1) is 0 Å². The second kappa shape index (κ2) is 35.9. The first-order valence-corrected chi connectivity index (χ1v) is 24.6. The number of carbonyl (C=O) groups excluding carboxylic acids is 2. The molecule has 1 fully saturated rings. The standard InChI is InChI=1S/C45H83O13P/c1-3-5-7-9-11-13-15-17-19-21-23-25-27-29-31-33-38(46)55-35-37(36-56-59(53,54)58-45-43(51)41(49)40(48)42(50)44(45)52)57-39(47)34-32-30-28-26-24-22-20-18-16-14-12-10-8-6-4-2/h13,15,28,30,37,40-45,48-52H,3-12,14,16-27,29,31-36H2,1-2H3,(H,53,54)/b15-13+,30-28+/t37-,40?,41-,42?,43?,44?,45?/m1/s1. The Balaban J connectivity index is 2.48. The minimum Gasteiger partial charge on any atom is -0.462 e. The Morgan fingerprint density at radius 2 is 0.898 bits per heavy atom. The van der Waals surface area contributed by atoms with Crippen LogP contribution in [0.5, 0.6) is 0 Å². The number of aliphatic hydroxyl groups excluding tert-OH is 5. The van der Waals surface area contributed by atoms with E-state index in [1.165, 1.54) is 109 Å². The van der Waals surface area contributed by atoms with Gasteiger partial charge in [-0.2, -0.15) is 0 Å². The fraction of sp³-hybridized carbons (Fsp3) is 0.867. The number of hydrogen-bond acceptors (Lipinski definition) is 12. The van der Waals surface area contributed by atoms with Crippen LogP contribution in [0.3, 0.4) is 0 Å². The van der Waals surface area contributed by atoms with Crippen molar-refractivity contribution < 1.29 is 63.1 Å². The van der Waals surface area contributed by atoms with Crippen molar-refractivity contribution in [2.24, 2.45) is 0 Å². The van der Waals surface area contributed by atoms with Gasteiger partial charge in [0.2, 0.25) is 0 Å². The molecule has 0 amide bonds. The highest BCUT2D eigenvalue weighted by atomic mass is 31.2. The molecule has 0 aromatic carbocycles. The van der Waals surface area contributed by atoms with Crippen LogP contribution in [0.4, 0.5) is 0 Å². The zero-order valence-electron chi connectivity index (χ0n) is 36.6. The van der Waals surface area contributed by atoms with E-state index in [1.807, 2.05) is 12.2 Å². The van der Waals surface area contributed by atoms with Gasteiger partial charge in [-0.05, 0) is 51.4 Å². The molecule has 8 atom stereocenters. The number of phosphoric acid groups is 1. The topological polar surface area (TPSA) is 210 Å². The first kappa shape index (κ1) is 55.3. The molecular weight excluding hydrogens is 779 g/mol. The summed E-state index contributed by atoms with van der Waals surface area (Å²) in [5, 5.41) is 50.1. The van der Waals surface area contributed by atoms with Crippen LogP contribution in [0.15, 0.2) is 24.3 Å². The lowest BCUT2D eigenvalue weighted by Crippen LogP contribution is -2.64. The third kappa shape index (κ3) is 28.5. The number of esters is 2. The maximum atomic E-state index is 12.8. The lowest BCUT2D eigenvalue weighted by molar-refractivity contribution is -0.220. The van der Waals surface area contributed by atoms with E-state index in [0.29, 0.717) is 12.8 Å². The fourth-order valence-electron chi connectivity index (χ4n) is 7.01. The molecule has 1 aliphatic carbocycles. The zero-order chi connectivity index (χ0) is 43.6. The normalized spacial score (nSPS) is 22.5. The maximum Gasteiger partial charge on any atom is 0.472 e. The van der Waals surface area contributed by atoms with Crippen LogP contribution in [0, 0.1) is 0 Å². The number of aliphatic hydroxyl groups is 5. The van der Waals surface area contributed by atoms with Crippen molar-refractivity contribution >= 4 is 19.8 Å². The molecule has 1 aliphatic rings. The molecule has 59 heavy (non-hydrogen) atoms. The number of ether oxygens (including phenoxy) is 2. The predicted molar refractivity (Wildman–Crippen MR) is 230 cm³/mol. The Hall–Kier alpha value is -1.67. The van der Waals surface area contributed by atoms with E-state index in [-0.39, 0.29) is 12.8 Å². The van der Waals surface area contributed by atoms with Gasteiger partial charge in [-0.1, -0.05) is 154 Å². The molecule has 13 nitrogen and oxygen atoms in total. The maximum absolute atomic E-state index is 12.8. The summed E-state index contributed by atoms with van der Waals surface area (Å²) in [6.07, 6.45) is 25.3. The van der Waals surface area contributed by atoms with Crippen LogP contribution >= 0.6 is 7.82 Å². The van der Waals surface area contributed by atoms with Crippen molar-refractivity contribution in [3.05, 3.63) is 24.3 Å². The van der Waals surface area contributed by atoms with Crippen molar-refractivity contribution in [2.75, 3.05) is 13.2 Å². The average molecular weight is 863 g/mol. The van der Waals surface area contributed by atoms with Crippen molar-refractivity contribution in [3.63, 3.8) is 0 Å². The Morgan fingerprint density at radius 1 is 0.508 bits per heavy atom. The van der Waals surface area contributed by atoms with Gasteiger partial charge in [0.15, 0.2) is 6.10 Å². The molecule has 14 heteroatoms. The van der Waals surface area contributed by atoms with Gasteiger partial charge in [0.1, 0.15) is 43.2 Å². The molecule has 0 spiro atoms. The van der Waals surface area contributed by atoms with Crippen molar-refractivity contribution in [2.45, 2.75) is 236 Å². The van der Waals surface area contributed by atoms with Crippen molar-refractivity contribution in [3.8, 4) is 0 Å². The van der Waals surface area contributed by atoms with Gasteiger partial charge < -0.3 is 39.9 Å². The lowest BCUT2D eigenvalue weighted by atomic mass is 9.85. The third-order valence-electron chi connectivity index (χ3n) is 10.8. The van der Waals surface area contributed by atoms with Gasteiger partial charge in [-0.25, -0.2) is 4.57 Å². The van der Waals surface area contributed by atoms with Crippen molar-refractivity contribution in [1.29, 1.82) is 0 Å². The van der Waals surface area contributed by atoms with E-state index in [2.05, 4.69) is 26.0 Å². The van der Waals surface area contributed by atoms with Gasteiger partial charge in [0.25, 0.3) is 0 Å². The molecule has 0 aromatic rings. The average Bonchev–Trinajstić information content (AvgIpc) is 3.21. The molecular formula is C45H83O13P. The monoisotopic (exact) mass is 863 g/mol. The predicted octanol–water partition coefficient (Wildman–Crippen LogP) is 8.84. The van der Waals surface area contributed by atoms with Crippen LogP contribution < -0.4 is 0 Å². The molecule has 0 aliphatic heterocycles. The summed E-state index contributed by atoms with van der Waals surface area (Å²) < 4.78 is 33.5. The fourth-order valence-corrected chi connectivity index (χ4v) is 7.98. The van der Waals surface area contributed by atoms with Gasteiger partial charge in [0, 0.05) is 12.8 Å². The Kier molecular flexibility index (Phi) is 33.7. The number of allylic oxidation sites excluding steroid dienone is 4. The van der Waals surface area contributed by atoms with Crippen LogP contribution in [0.1, 0.15) is 194 Å². The number of unbranched alkanes of at least 4 members (excludes halogenated alkanes) is 22. The number of phosphoric ester groups is 1. The minimum atomic E-state index is -5.12. The van der Waals surface area contributed by atoms with E-state index in [0.717, 1.165) is 44.9 Å². The number of rotatable bonds is 38. The molecule has 0 bridgehead atoms. The summed E-state index contributed by atoms with van der Waals surface area (Å²) in [4.78, 5) is 35.6. The summed E-state index contributed by atoms with van der Waals surface area (Å²) in [5.41, 5.74) is 0. The van der Waals surface area contributed by atoms with Crippen LogP contribution in [-0.4, -0.2) is 98.3 Å². The first-order valence-electron chi connectivity index (χ1n) is 23.1. The van der Waals surface area contributed by atoms with Gasteiger partial charge in [0.05, 0.1) is 6.61 Å². The third-order valence-corrected chi connectivity index (χ3v) is 11.8. The molecule has 1 rings (SSSR count). The van der Waals surface area contributed by atoms with E-state index < -0.39 is 75.7 Å². The highest BCUT2D eigenvalue weighted by Gasteiger charge is 2.51. The molecule has 0 heterocycles.